The number of amides is 2. The summed E-state index contributed by atoms with van der Waals surface area (Å²) in [5.41, 5.74) is 4.25. The van der Waals surface area contributed by atoms with Gasteiger partial charge in [0.1, 0.15) is 5.60 Å². The van der Waals surface area contributed by atoms with E-state index in [2.05, 4.69) is 43.1 Å². The number of hydrogen-bond donors (Lipinski definition) is 3. The van der Waals surface area contributed by atoms with Crippen LogP contribution in [-0.2, 0) is 14.2 Å². The largest absolute Gasteiger partial charge is 0.454 e. The summed E-state index contributed by atoms with van der Waals surface area (Å²) in [6, 6.07) is -0.289. The van der Waals surface area contributed by atoms with Crippen LogP contribution < -0.4 is 16.4 Å². The van der Waals surface area contributed by atoms with E-state index in [1.807, 2.05) is 20.8 Å². The molecular formula is C26H52Cl3N3O6. The van der Waals surface area contributed by atoms with Gasteiger partial charge < -0.3 is 30.6 Å². The van der Waals surface area contributed by atoms with Gasteiger partial charge in [0, 0.05) is 29.9 Å². The third kappa shape index (κ3) is 29.4. The Kier molecular flexibility index (Phi) is 23.5. The second-order valence-electron chi connectivity index (χ2n) is 11.8. The number of alkyl halides is 2. The smallest absolute Gasteiger partial charge is 0.407 e. The van der Waals surface area contributed by atoms with Gasteiger partial charge in [0.15, 0.2) is 0 Å². The molecule has 0 aromatic heterocycles. The molecule has 0 aliphatic carbocycles. The molecule has 4 N–H and O–H groups in total. The van der Waals surface area contributed by atoms with Crippen LogP contribution in [0.1, 0.15) is 82.1 Å². The van der Waals surface area contributed by atoms with Crippen molar-refractivity contribution in [1.82, 2.24) is 10.6 Å². The highest BCUT2D eigenvalue weighted by atomic mass is 35.5. The summed E-state index contributed by atoms with van der Waals surface area (Å²) in [5.74, 6) is 1.56. The van der Waals surface area contributed by atoms with Gasteiger partial charge >= 0.3 is 17.6 Å². The molecule has 38 heavy (non-hydrogen) atoms. The van der Waals surface area contributed by atoms with Crippen molar-refractivity contribution in [2.45, 2.75) is 93.7 Å². The first-order valence-electron chi connectivity index (χ1n) is 12.8. The standard InChI is InChI=1S/C15H29ClN2O4.C7H17N.C4H6Cl2O2/c1-14(2,3)11(18-13(20)22-15(4,5)6)10-17-12(19)21-9-7-8-16;1-6(5-8)7(2,3)4;5-2-1-3-8-4(6)7/h11H,7-10H2,1-6H3,(H,17,19)(H,18,20);6H,5,8H2,1-4H3;1-3H2/t11-;6-;/m11./s1. The zero-order valence-electron chi connectivity index (χ0n) is 25.0. The van der Waals surface area contributed by atoms with E-state index >= 15 is 0 Å². The van der Waals surface area contributed by atoms with E-state index < -0.39 is 23.2 Å². The topological polar surface area (TPSA) is 129 Å². The van der Waals surface area contributed by atoms with Gasteiger partial charge in [-0.25, -0.2) is 14.4 Å². The average Bonchev–Trinajstić information content (AvgIpc) is 2.74. The highest BCUT2D eigenvalue weighted by molar-refractivity contribution is 6.61. The zero-order chi connectivity index (χ0) is 30.6. The third-order valence-corrected chi connectivity index (χ3v) is 5.67. The number of alkyl carbamates (subject to hydrolysis) is 2. The lowest BCUT2D eigenvalue weighted by Gasteiger charge is -2.32. The second-order valence-corrected chi connectivity index (χ2v) is 12.8. The maximum atomic E-state index is 11.9. The fraction of sp³-hybridized carbons (Fsp3) is 0.885. The maximum Gasteiger partial charge on any atom is 0.407 e. The molecule has 0 aliphatic heterocycles. The van der Waals surface area contributed by atoms with E-state index in [-0.39, 0.29) is 24.6 Å². The van der Waals surface area contributed by atoms with Gasteiger partial charge in [-0.2, -0.15) is 0 Å². The van der Waals surface area contributed by atoms with Crippen LogP contribution in [0.15, 0.2) is 0 Å². The summed E-state index contributed by atoms with van der Waals surface area (Å²) in [4.78, 5) is 33.2. The van der Waals surface area contributed by atoms with Crippen LogP contribution in [0, 0.1) is 16.7 Å². The number of hydrogen-bond acceptors (Lipinski definition) is 7. The number of rotatable bonds is 10. The minimum Gasteiger partial charge on any atom is -0.454 e. The molecule has 228 valence electrons. The average molecular weight is 609 g/mol. The molecule has 0 fully saturated rings. The molecule has 0 aromatic rings. The molecule has 0 radical (unpaired) electrons. The predicted octanol–water partition coefficient (Wildman–Crippen LogP) is 6.90. The summed E-state index contributed by atoms with van der Waals surface area (Å²) >= 11 is 15.6. The van der Waals surface area contributed by atoms with Gasteiger partial charge in [0.25, 0.3) is 0 Å². The van der Waals surface area contributed by atoms with Crippen molar-refractivity contribution in [1.29, 1.82) is 0 Å². The lowest BCUT2D eigenvalue weighted by atomic mass is 9.82. The Morgan fingerprint density at radius 2 is 1.29 bits per heavy atom. The highest BCUT2D eigenvalue weighted by Crippen LogP contribution is 2.23. The molecule has 0 spiro atoms. The Bertz CT molecular complexity index is 648. The first-order chi connectivity index (χ1) is 17.2. The first kappa shape index (κ1) is 41.3. The molecule has 12 heteroatoms. The van der Waals surface area contributed by atoms with Crippen LogP contribution in [-0.4, -0.2) is 67.3 Å². The summed E-state index contributed by atoms with van der Waals surface area (Å²) in [7, 11) is 0. The van der Waals surface area contributed by atoms with Crippen LogP contribution in [0.4, 0.5) is 14.4 Å². The molecule has 0 saturated heterocycles. The van der Waals surface area contributed by atoms with Crippen molar-refractivity contribution in [3.8, 4) is 0 Å². The maximum absolute atomic E-state index is 11.9. The monoisotopic (exact) mass is 607 g/mol. The Hall–Kier alpha value is -1.16. The normalized spacial score (nSPS) is 12.9. The fourth-order valence-corrected chi connectivity index (χ4v) is 2.34. The molecule has 0 rings (SSSR count). The first-order valence-corrected chi connectivity index (χ1v) is 14.2. The van der Waals surface area contributed by atoms with E-state index in [0.29, 0.717) is 42.5 Å². The number of carbonyl (C=O) groups excluding carboxylic acids is 3. The summed E-state index contributed by atoms with van der Waals surface area (Å²) in [5, 5.41) is 5.43. The molecule has 2 atom stereocenters. The number of nitrogens with one attached hydrogen (secondary N) is 2. The highest BCUT2D eigenvalue weighted by Gasteiger charge is 2.29. The van der Waals surface area contributed by atoms with Crippen molar-refractivity contribution in [2.24, 2.45) is 22.5 Å². The minimum absolute atomic E-state index is 0.250. The third-order valence-electron chi connectivity index (χ3n) is 5.02. The van der Waals surface area contributed by atoms with Gasteiger partial charge in [-0.3, -0.25) is 0 Å². The molecule has 0 aromatic carbocycles. The van der Waals surface area contributed by atoms with Crippen LogP contribution >= 0.6 is 34.8 Å². The quantitative estimate of drug-likeness (QED) is 0.106. The van der Waals surface area contributed by atoms with E-state index in [9.17, 15) is 14.4 Å². The summed E-state index contributed by atoms with van der Waals surface area (Å²) in [6.45, 7) is 21.7. The van der Waals surface area contributed by atoms with Crippen molar-refractivity contribution in [2.75, 3.05) is 38.1 Å². The van der Waals surface area contributed by atoms with E-state index in [1.165, 1.54) is 0 Å². The molecule has 0 saturated carbocycles. The summed E-state index contributed by atoms with van der Waals surface area (Å²) < 4.78 is 14.5. The lowest BCUT2D eigenvalue weighted by Crippen LogP contribution is -2.51. The van der Waals surface area contributed by atoms with E-state index in [1.54, 1.807) is 20.8 Å². The van der Waals surface area contributed by atoms with Gasteiger partial charge in [-0.15, -0.1) is 23.2 Å². The second kappa shape index (κ2) is 21.6. The van der Waals surface area contributed by atoms with Crippen LogP contribution in [0.5, 0.6) is 0 Å². The van der Waals surface area contributed by atoms with Gasteiger partial charge in [0.2, 0.25) is 0 Å². The number of halogens is 3. The Balaban J connectivity index is -0.000000623. The Morgan fingerprint density at radius 3 is 1.61 bits per heavy atom. The number of carbonyl (C=O) groups is 3. The van der Waals surface area contributed by atoms with Crippen molar-refractivity contribution in [3.63, 3.8) is 0 Å². The zero-order valence-corrected chi connectivity index (χ0v) is 27.2. The van der Waals surface area contributed by atoms with Crippen LogP contribution in [0.2, 0.25) is 0 Å². The molecule has 0 unspecified atom stereocenters. The SMILES string of the molecule is CC(C)(C)OC(=O)N[C@H](CNC(=O)OCCCCl)C(C)(C)C.C[C@H](CN)C(C)(C)C.O=C(Cl)OCCCCl. The number of ether oxygens (including phenoxy) is 3. The van der Waals surface area contributed by atoms with Crippen molar-refractivity contribution in [3.05, 3.63) is 0 Å². The van der Waals surface area contributed by atoms with Crippen molar-refractivity contribution >= 4 is 52.4 Å². The van der Waals surface area contributed by atoms with E-state index in [0.717, 1.165) is 6.54 Å². The number of nitrogens with two attached hydrogens (primary N) is 1. The van der Waals surface area contributed by atoms with Gasteiger partial charge in [0.05, 0.1) is 19.3 Å². The van der Waals surface area contributed by atoms with Gasteiger partial charge in [-0.1, -0.05) is 48.5 Å². The van der Waals surface area contributed by atoms with E-state index in [4.69, 9.17) is 50.0 Å². The molecule has 0 aliphatic rings. The minimum atomic E-state index is -0.768. The molecule has 2 amide bonds. The molecule has 0 bridgehead atoms. The predicted molar refractivity (Wildman–Crippen MR) is 158 cm³/mol. The van der Waals surface area contributed by atoms with Gasteiger partial charge in [-0.05, 0) is 56.9 Å². The fourth-order valence-electron chi connectivity index (χ4n) is 2.04. The summed E-state index contributed by atoms with van der Waals surface area (Å²) in [6.07, 6.45) is 0.225. The van der Waals surface area contributed by atoms with Crippen LogP contribution in [0.25, 0.3) is 0 Å². The van der Waals surface area contributed by atoms with Crippen LogP contribution in [0.3, 0.4) is 0 Å². The van der Waals surface area contributed by atoms with Crippen molar-refractivity contribution < 1.29 is 28.6 Å². The lowest BCUT2D eigenvalue weighted by molar-refractivity contribution is 0.0461. The molecule has 9 nitrogen and oxygen atoms in total. The Labute approximate surface area is 245 Å². The Morgan fingerprint density at radius 1 is 0.816 bits per heavy atom. The molecule has 0 heterocycles. The molecular weight excluding hydrogens is 557 g/mol.